The highest BCUT2D eigenvalue weighted by atomic mass is 16.2. The van der Waals surface area contributed by atoms with Crippen LogP contribution in [0.3, 0.4) is 0 Å². The van der Waals surface area contributed by atoms with E-state index in [1.54, 1.807) is 0 Å². The minimum absolute atomic E-state index is 0.146. The molecule has 4 rings (SSSR count). The van der Waals surface area contributed by atoms with E-state index in [9.17, 15) is 4.79 Å². The third kappa shape index (κ3) is 3.25. The molecule has 1 aliphatic carbocycles. The summed E-state index contributed by atoms with van der Waals surface area (Å²) in [6.07, 6.45) is 8.01. The molecule has 1 amide bonds. The van der Waals surface area contributed by atoms with E-state index in [0.717, 1.165) is 24.5 Å². The first kappa shape index (κ1) is 19.2. The summed E-state index contributed by atoms with van der Waals surface area (Å²) in [5.74, 6) is 1.49. The Bertz CT molecular complexity index is 863. The molecule has 0 bridgehead atoms. The number of amides is 1. The van der Waals surface area contributed by atoms with Crippen molar-refractivity contribution in [2.75, 3.05) is 13.1 Å². The Kier molecular flexibility index (Phi) is 5.02. The lowest BCUT2D eigenvalue weighted by atomic mass is 9.67. The van der Waals surface area contributed by atoms with E-state index in [1.165, 1.54) is 43.2 Å². The number of hydrogen-bond donors (Lipinski definition) is 0. The smallest absolute Gasteiger partial charge is 0.253 e. The number of carbonyl (C=O) groups excluding carboxylic acids is 1. The van der Waals surface area contributed by atoms with Crippen molar-refractivity contribution in [1.82, 2.24) is 19.7 Å². The van der Waals surface area contributed by atoms with Gasteiger partial charge in [0.2, 0.25) is 0 Å². The maximum atomic E-state index is 13.4. The number of aromatic nitrogens is 3. The van der Waals surface area contributed by atoms with Gasteiger partial charge in [-0.2, -0.15) is 0 Å². The molecule has 1 spiro atoms. The van der Waals surface area contributed by atoms with Crippen LogP contribution in [0, 0.1) is 19.3 Å². The van der Waals surface area contributed by atoms with Crippen molar-refractivity contribution in [3.05, 3.63) is 47.0 Å². The normalized spacial score (nSPS) is 21.6. The van der Waals surface area contributed by atoms with Gasteiger partial charge in [-0.25, -0.2) is 0 Å². The SMILES string of the molecule is Cc1ccc(C(=O)N2CC(c3nncn3C(C)C)C3(CCCCC3)C2)cc1C. The Morgan fingerprint density at radius 2 is 1.89 bits per heavy atom. The number of nitrogens with zero attached hydrogens (tertiary/aromatic N) is 4. The highest BCUT2D eigenvalue weighted by Gasteiger charge is 2.50. The average molecular weight is 381 g/mol. The molecular formula is C23H32N4O. The van der Waals surface area contributed by atoms with Crippen LogP contribution in [0.4, 0.5) is 0 Å². The molecule has 1 saturated heterocycles. The molecule has 1 atom stereocenters. The van der Waals surface area contributed by atoms with Crippen molar-refractivity contribution in [2.24, 2.45) is 5.41 Å². The van der Waals surface area contributed by atoms with Crippen LogP contribution >= 0.6 is 0 Å². The molecule has 2 aliphatic rings. The molecule has 1 unspecified atom stereocenters. The molecule has 1 aliphatic heterocycles. The van der Waals surface area contributed by atoms with Gasteiger partial charge in [0.05, 0.1) is 0 Å². The fourth-order valence-corrected chi connectivity index (χ4v) is 5.20. The van der Waals surface area contributed by atoms with E-state index in [4.69, 9.17) is 0 Å². The monoisotopic (exact) mass is 380 g/mol. The third-order valence-corrected chi connectivity index (χ3v) is 7.01. The van der Waals surface area contributed by atoms with Gasteiger partial charge in [-0.3, -0.25) is 4.79 Å². The molecule has 150 valence electrons. The number of likely N-dealkylation sites (tertiary alicyclic amines) is 1. The zero-order valence-electron chi connectivity index (χ0n) is 17.6. The molecule has 28 heavy (non-hydrogen) atoms. The summed E-state index contributed by atoms with van der Waals surface area (Å²) in [7, 11) is 0. The van der Waals surface area contributed by atoms with Gasteiger partial charge in [0.1, 0.15) is 12.2 Å². The molecular weight excluding hydrogens is 348 g/mol. The number of hydrogen-bond acceptors (Lipinski definition) is 3. The quantitative estimate of drug-likeness (QED) is 0.778. The molecule has 2 aromatic rings. The van der Waals surface area contributed by atoms with Gasteiger partial charge in [-0.1, -0.05) is 25.3 Å². The second-order valence-corrected chi connectivity index (χ2v) is 9.15. The summed E-state index contributed by atoms with van der Waals surface area (Å²) in [5, 5.41) is 8.76. The highest BCUT2D eigenvalue weighted by molar-refractivity contribution is 5.94. The summed E-state index contributed by atoms with van der Waals surface area (Å²) in [4.78, 5) is 15.4. The van der Waals surface area contributed by atoms with Gasteiger partial charge in [0, 0.05) is 30.6 Å². The van der Waals surface area contributed by atoms with E-state index in [2.05, 4.69) is 53.4 Å². The molecule has 5 nitrogen and oxygen atoms in total. The Morgan fingerprint density at radius 3 is 2.57 bits per heavy atom. The lowest BCUT2D eigenvalue weighted by Gasteiger charge is -2.37. The van der Waals surface area contributed by atoms with Crippen LogP contribution in [-0.4, -0.2) is 38.7 Å². The lowest BCUT2D eigenvalue weighted by molar-refractivity contribution is 0.0758. The summed E-state index contributed by atoms with van der Waals surface area (Å²) in [5.41, 5.74) is 3.35. The van der Waals surface area contributed by atoms with Gasteiger partial charge in [0.25, 0.3) is 5.91 Å². The van der Waals surface area contributed by atoms with Crippen LogP contribution in [0.25, 0.3) is 0 Å². The zero-order chi connectivity index (χ0) is 19.9. The highest BCUT2D eigenvalue weighted by Crippen LogP contribution is 2.52. The number of carbonyl (C=O) groups is 1. The zero-order valence-corrected chi connectivity index (χ0v) is 17.6. The third-order valence-electron chi connectivity index (χ3n) is 7.01. The van der Waals surface area contributed by atoms with Crippen molar-refractivity contribution in [1.29, 1.82) is 0 Å². The van der Waals surface area contributed by atoms with E-state index < -0.39 is 0 Å². The molecule has 1 saturated carbocycles. The van der Waals surface area contributed by atoms with Crippen molar-refractivity contribution in [2.45, 2.75) is 71.8 Å². The lowest BCUT2D eigenvalue weighted by Crippen LogP contribution is -2.34. The minimum Gasteiger partial charge on any atom is -0.337 e. The first-order valence-corrected chi connectivity index (χ1v) is 10.7. The first-order chi connectivity index (χ1) is 13.4. The number of rotatable bonds is 3. The van der Waals surface area contributed by atoms with Crippen LogP contribution in [0.5, 0.6) is 0 Å². The number of benzene rings is 1. The summed E-state index contributed by atoms with van der Waals surface area (Å²) < 4.78 is 2.20. The van der Waals surface area contributed by atoms with Gasteiger partial charge >= 0.3 is 0 Å². The first-order valence-electron chi connectivity index (χ1n) is 10.7. The minimum atomic E-state index is 0.146. The van der Waals surface area contributed by atoms with Crippen molar-refractivity contribution in [3.8, 4) is 0 Å². The topological polar surface area (TPSA) is 51.0 Å². The summed E-state index contributed by atoms with van der Waals surface area (Å²) in [6, 6.07) is 6.40. The molecule has 1 aromatic heterocycles. The summed E-state index contributed by atoms with van der Waals surface area (Å²) in [6.45, 7) is 10.1. The van der Waals surface area contributed by atoms with Crippen molar-refractivity contribution in [3.63, 3.8) is 0 Å². The van der Waals surface area contributed by atoms with E-state index in [-0.39, 0.29) is 17.2 Å². The molecule has 2 fully saturated rings. The van der Waals surface area contributed by atoms with E-state index in [1.807, 2.05) is 18.5 Å². The fourth-order valence-electron chi connectivity index (χ4n) is 5.20. The maximum absolute atomic E-state index is 13.4. The molecule has 5 heteroatoms. The van der Waals surface area contributed by atoms with Crippen LogP contribution in [0.1, 0.15) is 85.2 Å². The van der Waals surface area contributed by atoms with Crippen LogP contribution in [0.15, 0.2) is 24.5 Å². The molecule has 2 heterocycles. The van der Waals surface area contributed by atoms with Crippen LogP contribution < -0.4 is 0 Å². The second kappa shape index (κ2) is 7.34. The standard InChI is InChI=1S/C23H32N4O/c1-16(2)27-15-24-25-21(27)20-13-26(14-23(20)10-6-5-7-11-23)22(28)19-9-8-17(3)18(4)12-19/h8-9,12,15-16,20H,5-7,10-11,13-14H2,1-4H3. The average Bonchev–Trinajstić information content (AvgIpc) is 3.29. The molecule has 0 radical (unpaired) electrons. The summed E-state index contributed by atoms with van der Waals surface area (Å²) >= 11 is 0. The van der Waals surface area contributed by atoms with Gasteiger partial charge in [-0.15, -0.1) is 10.2 Å². The van der Waals surface area contributed by atoms with Crippen molar-refractivity contribution < 1.29 is 4.79 Å². The van der Waals surface area contributed by atoms with E-state index >= 15 is 0 Å². The number of aryl methyl sites for hydroxylation is 2. The van der Waals surface area contributed by atoms with Crippen molar-refractivity contribution >= 4 is 5.91 Å². The van der Waals surface area contributed by atoms with Gasteiger partial charge < -0.3 is 9.47 Å². The predicted octanol–water partition coefficient (Wildman–Crippen LogP) is 4.67. The Morgan fingerprint density at radius 1 is 1.14 bits per heavy atom. The maximum Gasteiger partial charge on any atom is 0.253 e. The fraction of sp³-hybridized carbons (Fsp3) is 0.609. The molecule has 0 N–H and O–H groups in total. The Balaban J connectivity index is 1.67. The van der Waals surface area contributed by atoms with Crippen LogP contribution in [-0.2, 0) is 0 Å². The second-order valence-electron chi connectivity index (χ2n) is 9.15. The van der Waals surface area contributed by atoms with Gasteiger partial charge in [0.15, 0.2) is 0 Å². The predicted molar refractivity (Wildman–Crippen MR) is 110 cm³/mol. The van der Waals surface area contributed by atoms with Crippen LogP contribution in [0.2, 0.25) is 0 Å². The largest absolute Gasteiger partial charge is 0.337 e. The van der Waals surface area contributed by atoms with Gasteiger partial charge in [-0.05, 0) is 69.2 Å². The Hall–Kier alpha value is -2.17. The van der Waals surface area contributed by atoms with E-state index in [0.29, 0.717) is 6.04 Å². The Labute approximate surface area is 168 Å². The molecule has 1 aromatic carbocycles.